The summed E-state index contributed by atoms with van der Waals surface area (Å²) in [5.74, 6) is 3.97. The molecule has 1 saturated heterocycles. The number of methoxy groups -OCH3 is 1. The Hall–Kier alpha value is -2.77. The molecule has 3 heterocycles. The quantitative estimate of drug-likeness (QED) is 0.638. The molecule has 1 aromatic carbocycles. The molecule has 0 spiro atoms. The number of guanidine groups is 1. The minimum atomic E-state index is 0.659. The normalized spacial score (nSPS) is 17.4. The second-order valence-corrected chi connectivity index (χ2v) is 7.19. The number of hydrogen-bond donors (Lipinski definition) is 1. The number of nitrogens with zero attached hydrogens (tertiary/aromatic N) is 6. The molecule has 1 N–H and O–H groups in total. The van der Waals surface area contributed by atoms with Crippen LogP contribution in [0, 0.1) is 0 Å². The van der Waals surface area contributed by atoms with Crippen molar-refractivity contribution in [1.29, 1.82) is 0 Å². The first kappa shape index (κ1) is 18.6. The average Bonchev–Trinajstić information content (AvgIpc) is 3.18. The maximum atomic E-state index is 5.51. The van der Waals surface area contributed by atoms with Gasteiger partial charge in [-0.3, -0.25) is 4.99 Å². The number of hydrogen-bond acceptors (Lipinski definition) is 5. The Morgan fingerprint density at radius 3 is 2.71 bits per heavy atom. The molecule has 0 saturated carbocycles. The third kappa shape index (κ3) is 3.76. The first-order valence-electron chi connectivity index (χ1n) is 10.0. The minimum Gasteiger partial charge on any atom is -0.495 e. The van der Waals surface area contributed by atoms with E-state index < -0.39 is 0 Å². The molecule has 8 heteroatoms. The molecule has 0 atom stereocenters. The number of para-hydroxylation sites is 2. The molecule has 1 fully saturated rings. The number of aromatic nitrogens is 3. The smallest absolute Gasteiger partial charge is 0.194 e. The fourth-order valence-corrected chi connectivity index (χ4v) is 4.04. The molecule has 150 valence electrons. The van der Waals surface area contributed by atoms with Gasteiger partial charge in [0.1, 0.15) is 11.6 Å². The molecule has 2 aliphatic heterocycles. The number of benzene rings is 1. The lowest BCUT2D eigenvalue weighted by Crippen LogP contribution is -2.52. The van der Waals surface area contributed by atoms with E-state index in [1.807, 2.05) is 19.2 Å². The van der Waals surface area contributed by atoms with Crippen LogP contribution in [-0.2, 0) is 19.5 Å². The van der Waals surface area contributed by atoms with Crippen molar-refractivity contribution in [3.05, 3.63) is 35.9 Å². The van der Waals surface area contributed by atoms with E-state index in [0.717, 1.165) is 68.2 Å². The molecule has 0 radical (unpaired) electrons. The van der Waals surface area contributed by atoms with Gasteiger partial charge in [-0.2, -0.15) is 0 Å². The van der Waals surface area contributed by atoms with Crippen LogP contribution >= 0.6 is 0 Å². The Morgan fingerprint density at radius 2 is 1.93 bits per heavy atom. The highest BCUT2D eigenvalue weighted by Gasteiger charge is 2.22. The molecule has 4 rings (SSSR count). The Morgan fingerprint density at radius 1 is 1.11 bits per heavy atom. The lowest BCUT2D eigenvalue weighted by Gasteiger charge is -2.38. The number of piperazine rings is 1. The van der Waals surface area contributed by atoms with Crippen LogP contribution in [0.5, 0.6) is 5.75 Å². The lowest BCUT2D eigenvalue weighted by molar-refractivity contribution is 0.366. The van der Waals surface area contributed by atoms with Crippen LogP contribution in [0.15, 0.2) is 29.3 Å². The zero-order chi connectivity index (χ0) is 19.3. The van der Waals surface area contributed by atoms with Crippen molar-refractivity contribution in [2.45, 2.75) is 32.4 Å². The number of ether oxygens (including phenoxy) is 1. The van der Waals surface area contributed by atoms with Crippen LogP contribution in [0.3, 0.4) is 0 Å². The highest BCUT2D eigenvalue weighted by atomic mass is 16.5. The Balaban J connectivity index is 1.35. The standard InChI is InChI=1S/C20H29N7O/c1-21-20(22-15-19-24-23-18-9-5-6-10-27(18)19)26-13-11-25(12-14-26)16-7-3-4-8-17(16)28-2/h3-4,7-8H,5-6,9-15H2,1-2H3,(H,21,22). The van der Waals surface area contributed by atoms with E-state index in [1.54, 1.807) is 7.11 Å². The Labute approximate surface area is 166 Å². The summed E-state index contributed by atoms with van der Waals surface area (Å²) in [6, 6.07) is 8.20. The Kier molecular flexibility index (Phi) is 5.64. The van der Waals surface area contributed by atoms with E-state index in [0.29, 0.717) is 6.54 Å². The number of aliphatic imine (C=N–C) groups is 1. The number of aryl methyl sites for hydroxylation is 1. The molecule has 8 nitrogen and oxygen atoms in total. The van der Waals surface area contributed by atoms with E-state index >= 15 is 0 Å². The summed E-state index contributed by atoms with van der Waals surface area (Å²) in [6.07, 6.45) is 3.45. The van der Waals surface area contributed by atoms with Crippen molar-refractivity contribution in [3.63, 3.8) is 0 Å². The monoisotopic (exact) mass is 383 g/mol. The second kappa shape index (κ2) is 8.50. The SMILES string of the molecule is CN=C(NCc1nnc2n1CCCC2)N1CCN(c2ccccc2OC)CC1. The largest absolute Gasteiger partial charge is 0.495 e. The highest BCUT2D eigenvalue weighted by molar-refractivity contribution is 5.80. The van der Waals surface area contributed by atoms with Crippen LogP contribution in [0.4, 0.5) is 5.69 Å². The van der Waals surface area contributed by atoms with Crippen molar-refractivity contribution in [2.24, 2.45) is 4.99 Å². The van der Waals surface area contributed by atoms with Crippen LogP contribution < -0.4 is 15.0 Å². The summed E-state index contributed by atoms with van der Waals surface area (Å²) in [5.41, 5.74) is 1.16. The van der Waals surface area contributed by atoms with Gasteiger partial charge in [-0.05, 0) is 25.0 Å². The van der Waals surface area contributed by atoms with Gasteiger partial charge in [-0.25, -0.2) is 0 Å². The molecule has 0 unspecified atom stereocenters. The van der Waals surface area contributed by atoms with Gasteiger partial charge in [0.25, 0.3) is 0 Å². The number of fused-ring (bicyclic) bond motifs is 1. The van der Waals surface area contributed by atoms with Crippen molar-refractivity contribution in [2.75, 3.05) is 45.2 Å². The van der Waals surface area contributed by atoms with E-state index in [1.165, 1.54) is 12.8 Å². The summed E-state index contributed by atoms with van der Waals surface area (Å²) >= 11 is 0. The van der Waals surface area contributed by atoms with Gasteiger partial charge < -0.3 is 24.4 Å². The van der Waals surface area contributed by atoms with Crippen LogP contribution in [0.2, 0.25) is 0 Å². The third-order valence-corrected chi connectivity index (χ3v) is 5.56. The summed E-state index contributed by atoms with van der Waals surface area (Å²) in [4.78, 5) is 9.16. The minimum absolute atomic E-state index is 0.659. The fraction of sp³-hybridized carbons (Fsp3) is 0.550. The number of nitrogens with one attached hydrogen (secondary N) is 1. The predicted octanol–water partition coefficient (Wildman–Crippen LogP) is 1.52. The second-order valence-electron chi connectivity index (χ2n) is 7.19. The van der Waals surface area contributed by atoms with Gasteiger partial charge in [0, 0.05) is 46.2 Å². The maximum Gasteiger partial charge on any atom is 0.194 e. The van der Waals surface area contributed by atoms with Gasteiger partial charge in [0.2, 0.25) is 0 Å². The summed E-state index contributed by atoms with van der Waals surface area (Å²) in [7, 11) is 3.57. The third-order valence-electron chi connectivity index (χ3n) is 5.56. The van der Waals surface area contributed by atoms with E-state index in [9.17, 15) is 0 Å². The lowest BCUT2D eigenvalue weighted by atomic mass is 10.2. The number of anilines is 1. The zero-order valence-corrected chi connectivity index (χ0v) is 16.8. The van der Waals surface area contributed by atoms with Crippen LogP contribution in [-0.4, -0.2) is 66.0 Å². The summed E-state index contributed by atoms with van der Waals surface area (Å²) in [5, 5.41) is 12.2. The molecule has 28 heavy (non-hydrogen) atoms. The molecule has 1 aromatic heterocycles. The molecule has 0 bridgehead atoms. The fourth-order valence-electron chi connectivity index (χ4n) is 4.04. The van der Waals surface area contributed by atoms with Gasteiger partial charge in [0.15, 0.2) is 11.8 Å². The summed E-state index contributed by atoms with van der Waals surface area (Å²) < 4.78 is 7.77. The molecular weight excluding hydrogens is 354 g/mol. The van der Waals surface area contributed by atoms with Crippen molar-refractivity contribution >= 4 is 11.6 Å². The van der Waals surface area contributed by atoms with Crippen molar-refractivity contribution in [1.82, 2.24) is 25.0 Å². The van der Waals surface area contributed by atoms with E-state index in [2.05, 4.69) is 47.0 Å². The van der Waals surface area contributed by atoms with E-state index in [-0.39, 0.29) is 0 Å². The van der Waals surface area contributed by atoms with Crippen molar-refractivity contribution in [3.8, 4) is 5.75 Å². The predicted molar refractivity (Wildman–Crippen MR) is 110 cm³/mol. The van der Waals surface area contributed by atoms with Crippen LogP contribution in [0.25, 0.3) is 0 Å². The van der Waals surface area contributed by atoms with Gasteiger partial charge in [-0.15, -0.1) is 10.2 Å². The topological polar surface area (TPSA) is 70.8 Å². The Bertz CT molecular complexity index is 824. The van der Waals surface area contributed by atoms with Gasteiger partial charge in [-0.1, -0.05) is 12.1 Å². The summed E-state index contributed by atoms with van der Waals surface area (Å²) in [6.45, 7) is 5.37. The molecular formula is C20H29N7O. The molecule has 2 aromatic rings. The highest BCUT2D eigenvalue weighted by Crippen LogP contribution is 2.28. The number of rotatable bonds is 4. The van der Waals surface area contributed by atoms with Crippen LogP contribution in [0.1, 0.15) is 24.5 Å². The molecule has 0 aliphatic carbocycles. The van der Waals surface area contributed by atoms with Gasteiger partial charge >= 0.3 is 0 Å². The molecule has 0 amide bonds. The first-order valence-corrected chi connectivity index (χ1v) is 10.0. The average molecular weight is 384 g/mol. The van der Waals surface area contributed by atoms with Crippen molar-refractivity contribution < 1.29 is 4.74 Å². The first-order chi connectivity index (χ1) is 13.8. The molecule has 2 aliphatic rings. The zero-order valence-electron chi connectivity index (χ0n) is 16.8. The maximum absolute atomic E-state index is 5.51. The van der Waals surface area contributed by atoms with Gasteiger partial charge in [0.05, 0.1) is 19.3 Å². The van der Waals surface area contributed by atoms with E-state index in [4.69, 9.17) is 4.74 Å².